The maximum absolute atomic E-state index is 12.1. The van der Waals surface area contributed by atoms with Gasteiger partial charge in [0.25, 0.3) is 0 Å². The van der Waals surface area contributed by atoms with E-state index in [0.717, 1.165) is 0 Å². The molecular weight excluding hydrogens is 284 g/mol. The standard InChI is InChI=1S/C16H16N2O4/c1-9-13(16(19)21-3)14(12(8-17)15(18)22-9)10-5-4-6-11(7-10)20-2/h4-7,14H,18H2,1-3H3/t14-/m0/s1. The molecule has 0 spiro atoms. The zero-order valence-corrected chi connectivity index (χ0v) is 12.5. The van der Waals surface area contributed by atoms with Crippen LogP contribution in [0.4, 0.5) is 0 Å². The van der Waals surface area contributed by atoms with Crippen molar-refractivity contribution in [3.8, 4) is 11.8 Å². The number of benzene rings is 1. The minimum absolute atomic E-state index is 0.0135. The van der Waals surface area contributed by atoms with E-state index in [1.165, 1.54) is 7.11 Å². The molecule has 2 N–H and O–H groups in total. The molecule has 1 aromatic rings. The Kier molecular flexibility index (Phi) is 4.37. The van der Waals surface area contributed by atoms with Gasteiger partial charge in [-0.1, -0.05) is 12.1 Å². The minimum Gasteiger partial charge on any atom is -0.497 e. The van der Waals surface area contributed by atoms with E-state index in [0.29, 0.717) is 17.1 Å². The summed E-state index contributed by atoms with van der Waals surface area (Å²) in [5.41, 5.74) is 6.91. The Hall–Kier alpha value is -2.94. The van der Waals surface area contributed by atoms with Crippen LogP contribution in [0, 0.1) is 11.3 Å². The fourth-order valence-electron chi connectivity index (χ4n) is 2.41. The van der Waals surface area contributed by atoms with Gasteiger partial charge < -0.3 is 19.9 Å². The zero-order valence-electron chi connectivity index (χ0n) is 12.5. The van der Waals surface area contributed by atoms with E-state index >= 15 is 0 Å². The molecule has 0 amide bonds. The molecule has 1 atom stereocenters. The highest BCUT2D eigenvalue weighted by Gasteiger charge is 2.36. The van der Waals surface area contributed by atoms with Crippen molar-refractivity contribution in [1.29, 1.82) is 5.26 Å². The largest absolute Gasteiger partial charge is 0.497 e. The first kappa shape index (κ1) is 15.4. The summed E-state index contributed by atoms with van der Waals surface area (Å²) in [7, 11) is 2.82. The summed E-state index contributed by atoms with van der Waals surface area (Å²) in [4.78, 5) is 12.1. The molecule has 1 aromatic carbocycles. The van der Waals surface area contributed by atoms with Crippen LogP contribution in [0.2, 0.25) is 0 Å². The summed E-state index contributed by atoms with van der Waals surface area (Å²) in [5, 5.41) is 9.40. The molecule has 0 aromatic heterocycles. The van der Waals surface area contributed by atoms with Crippen molar-refractivity contribution in [3.63, 3.8) is 0 Å². The van der Waals surface area contributed by atoms with Gasteiger partial charge in [0.1, 0.15) is 23.2 Å². The van der Waals surface area contributed by atoms with Crippen LogP contribution < -0.4 is 10.5 Å². The van der Waals surface area contributed by atoms with E-state index in [4.69, 9.17) is 19.9 Å². The third kappa shape index (κ3) is 2.61. The number of ether oxygens (including phenoxy) is 3. The highest BCUT2D eigenvalue weighted by atomic mass is 16.5. The lowest BCUT2D eigenvalue weighted by atomic mass is 9.83. The number of hydrogen-bond acceptors (Lipinski definition) is 6. The lowest BCUT2D eigenvalue weighted by molar-refractivity contribution is -0.136. The Morgan fingerprint density at radius 2 is 2.14 bits per heavy atom. The van der Waals surface area contributed by atoms with Gasteiger partial charge in [-0.15, -0.1) is 0 Å². The molecule has 0 bridgehead atoms. The van der Waals surface area contributed by atoms with E-state index in [-0.39, 0.29) is 17.0 Å². The first-order chi connectivity index (χ1) is 10.5. The molecule has 2 rings (SSSR count). The maximum atomic E-state index is 12.1. The minimum atomic E-state index is -0.652. The average molecular weight is 300 g/mol. The topological polar surface area (TPSA) is 94.6 Å². The number of hydrogen-bond donors (Lipinski definition) is 1. The molecule has 0 saturated carbocycles. The Morgan fingerprint density at radius 1 is 1.41 bits per heavy atom. The molecule has 1 aliphatic rings. The molecule has 0 fully saturated rings. The molecule has 0 unspecified atom stereocenters. The second-order valence-corrected chi connectivity index (χ2v) is 4.66. The predicted molar refractivity (Wildman–Crippen MR) is 78.4 cm³/mol. The molecule has 6 nitrogen and oxygen atoms in total. The first-order valence-corrected chi connectivity index (χ1v) is 6.54. The zero-order chi connectivity index (χ0) is 16.3. The maximum Gasteiger partial charge on any atom is 0.338 e. The van der Waals surface area contributed by atoms with Crippen LogP contribution in [0.1, 0.15) is 18.4 Å². The molecule has 0 aliphatic carbocycles. The molecule has 1 heterocycles. The summed E-state index contributed by atoms with van der Waals surface area (Å²) < 4.78 is 15.3. The van der Waals surface area contributed by atoms with Crippen LogP contribution in [0.3, 0.4) is 0 Å². The van der Waals surface area contributed by atoms with Gasteiger partial charge >= 0.3 is 5.97 Å². The van der Waals surface area contributed by atoms with Crippen molar-refractivity contribution in [2.75, 3.05) is 14.2 Å². The third-order valence-corrected chi connectivity index (χ3v) is 3.44. The van der Waals surface area contributed by atoms with E-state index in [9.17, 15) is 10.1 Å². The summed E-state index contributed by atoms with van der Waals surface area (Å²) in [6.45, 7) is 1.61. The number of nitrogens with two attached hydrogens (primary N) is 1. The van der Waals surface area contributed by atoms with Gasteiger partial charge in [-0.3, -0.25) is 0 Å². The average Bonchev–Trinajstić information content (AvgIpc) is 2.53. The van der Waals surface area contributed by atoms with Crippen molar-refractivity contribution in [1.82, 2.24) is 0 Å². The molecule has 114 valence electrons. The highest BCUT2D eigenvalue weighted by molar-refractivity contribution is 5.92. The van der Waals surface area contributed by atoms with Gasteiger partial charge in [0.05, 0.1) is 25.7 Å². The Labute approximate surface area is 128 Å². The number of carbonyl (C=O) groups excluding carboxylic acids is 1. The number of esters is 1. The Balaban J connectivity index is 2.65. The lowest BCUT2D eigenvalue weighted by Crippen LogP contribution is -2.25. The van der Waals surface area contributed by atoms with Crippen molar-refractivity contribution in [2.45, 2.75) is 12.8 Å². The van der Waals surface area contributed by atoms with Gasteiger partial charge in [0, 0.05) is 0 Å². The highest BCUT2D eigenvalue weighted by Crippen LogP contribution is 2.40. The third-order valence-electron chi connectivity index (χ3n) is 3.44. The van der Waals surface area contributed by atoms with Gasteiger partial charge in [-0.25, -0.2) is 4.79 Å². The fraction of sp³-hybridized carbons (Fsp3) is 0.250. The molecule has 6 heteroatoms. The van der Waals surface area contributed by atoms with Gasteiger partial charge in [-0.05, 0) is 24.6 Å². The van der Waals surface area contributed by atoms with E-state index in [1.807, 2.05) is 6.07 Å². The number of allylic oxidation sites excluding steroid dienone is 2. The van der Waals surface area contributed by atoms with Crippen LogP contribution in [0.15, 0.2) is 47.1 Å². The summed E-state index contributed by atoms with van der Waals surface area (Å²) in [5.74, 6) is -0.301. The number of carbonyl (C=O) groups is 1. The van der Waals surface area contributed by atoms with Crippen molar-refractivity contribution in [2.24, 2.45) is 5.73 Å². The quantitative estimate of drug-likeness (QED) is 0.857. The van der Waals surface area contributed by atoms with Crippen LogP contribution >= 0.6 is 0 Å². The molecule has 0 radical (unpaired) electrons. The lowest BCUT2D eigenvalue weighted by Gasteiger charge is -2.26. The van der Waals surface area contributed by atoms with Crippen molar-refractivity contribution in [3.05, 3.63) is 52.6 Å². The summed E-state index contributed by atoms with van der Waals surface area (Å²) in [6.07, 6.45) is 0. The molecule has 22 heavy (non-hydrogen) atoms. The second kappa shape index (κ2) is 6.22. The monoisotopic (exact) mass is 300 g/mol. The number of rotatable bonds is 3. The summed E-state index contributed by atoms with van der Waals surface area (Å²) in [6, 6.07) is 9.10. The van der Waals surface area contributed by atoms with E-state index in [2.05, 4.69) is 0 Å². The predicted octanol–water partition coefficient (Wildman–Crippen LogP) is 1.95. The van der Waals surface area contributed by atoms with Crippen molar-refractivity contribution < 1.29 is 19.0 Å². The number of methoxy groups -OCH3 is 2. The van der Waals surface area contributed by atoms with Crippen LogP contribution in [0.25, 0.3) is 0 Å². The van der Waals surface area contributed by atoms with Gasteiger partial charge in [0.15, 0.2) is 0 Å². The van der Waals surface area contributed by atoms with Crippen molar-refractivity contribution >= 4 is 5.97 Å². The number of nitriles is 1. The first-order valence-electron chi connectivity index (χ1n) is 6.54. The van der Waals surface area contributed by atoms with Crippen LogP contribution in [0.5, 0.6) is 5.75 Å². The summed E-state index contributed by atoms with van der Waals surface area (Å²) >= 11 is 0. The van der Waals surface area contributed by atoms with Crippen LogP contribution in [-0.2, 0) is 14.3 Å². The Morgan fingerprint density at radius 3 is 2.73 bits per heavy atom. The number of nitrogens with zero attached hydrogens (tertiary/aromatic N) is 1. The van der Waals surface area contributed by atoms with Gasteiger partial charge in [0.2, 0.25) is 5.88 Å². The normalized spacial score (nSPS) is 17.6. The van der Waals surface area contributed by atoms with E-state index < -0.39 is 11.9 Å². The SMILES string of the molecule is COC(=O)C1=C(C)OC(N)=C(C#N)[C@@H]1c1cccc(OC)c1. The molecular formula is C16H16N2O4. The van der Waals surface area contributed by atoms with E-state index in [1.54, 1.807) is 38.3 Å². The molecule has 0 saturated heterocycles. The molecule has 1 aliphatic heterocycles. The smallest absolute Gasteiger partial charge is 0.338 e. The van der Waals surface area contributed by atoms with Crippen LogP contribution in [-0.4, -0.2) is 20.2 Å². The van der Waals surface area contributed by atoms with Gasteiger partial charge in [-0.2, -0.15) is 5.26 Å². The second-order valence-electron chi connectivity index (χ2n) is 4.66. The Bertz CT molecular complexity index is 713. The fourth-order valence-corrected chi connectivity index (χ4v) is 2.41.